The normalized spacial score (nSPS) is 29.3. The summed E-state index contributed by atoms with van der Waals surface area (Å²) in [4.78, 5) is 13.6. The Kier molecular flexibility index (Phi) is 6.65. The van der Waals surface area contributed by atoms with Crippen LogP contribution in [0.15, 0.2) is 59.7 Å². The number of carbonyl (C=O) groups excluding carboxylic acids is 1. The third kappa shape index (κ3) is 4.19. The lowest BCUT2D eigenvalue weighted by atomic mass is 9.60. The Hall–Kier alpha value is -2.20. The molecule has 2 heterocycles. The number of hydrogen-bond acceptors (Lipinski definition) is 3. The molecule has 2 aliphatic heterocycles. The van der Waals surface area contributed by atoms with Gasteiger partial charge in [0.25, 0.3) is 0 Å². The fourth-order valence-corrected chi connectivity index (χ4v) is 10.5. The molecule has 2 aromatic carbocycles. The molecule has 1 saturated heterocycles. The van der Waals surface area contributed by atoms with Crippen molar-refractivity contribution in [2.45, 2.75) is 108 Å². The predicted octanol–water partition coefficient (Wildman–Crippen LogP) is 7.62. The first-order chi connectivity index (χ1) is 18.1. The molecule has 2 bridgehead atoms. The van der Waals surface area contributed by atoms with E-state index < -0.39 is 20.3 Å². The molecule has 3 unspecified atom stereocenters. The molecule has 210 valence electrons. The van der Waals surface area contributed by atoms with Gasteiger partial charge in [-0.3, -0.25) is 9.00 Å². The lowest BCUT2D eigenvalue weighted by Crippen LogP contribution is -2.47. The molecule has 1 aliphatic carbocycles. The predicted molar refractivity (Wildman–Crippen MR) is 161 cm³/mol. The second-order valence-corrected chi connectivity index (χ2v) is 16.7. The minimum Gasteiger partial charge on any atom is -0.466 e. The number of benzene rings is 2. The zero-order valence-corrected chi connectivity index (χ0v) is 26.2. The SMILES string of the molecule is CCOC(=O)C1C2(C)C(Cc3ccc(C(C)(C)C)cc3)=C(Cc3ccc(C(C)(C)C)cc3)[C@@](C)(S2=O)C12CC2. The molecule has 1 spiro atoms. The maximum atomic E-state index is 14.6. The van der Waals surface area contributed by atoms with Gasteiger partial charge in [-0.2, -0.15) is 0 Å². The molecule has 0 N–H and O–H groups in total. The summed E-state index contributed by atoms with van der Waals surface area (Å²) in [5.74, 6) is -0.518. The van der Waals surface area contributed by atoms with Crippen molar-refractivity contribution in [2.75, 3.05) is 6.61 Å². The van der Waals surface area contributed by atoms with Gasteiger partial charge < -0.3 is 4.74 Å². The topological polar surface area (TPSA) is 43.4 Å². The van der Waals surface area contributed by atoms with E-state index in [-0.39, 0.29) is 28.1 Å². The fraction of sp³-hybridized carbons (Fsp3) is 0.571. The van der Waals surface area contributed by atoms with Crippen LogP contribution >= 0.6 is 0 Å². The van der Waals surface area contributed by atoms with Crippen molar-refractivity contribution in [3.63, 3.8) is 0 Å². The zero-order chi connectivity index (χ0) is 28.6. The van der Waals surface area contributed by atoms with Gasteiger partial charge >= 0.3 is 5.97 Å². The van der Waals surface area contributed by atoms with Crippen LogP contribution < -0.4 is 0 Å². The van der Waals surface area contributed by atoms with E-state index in [9.17, 15) is 9.00 Å². The lowest BCUT2D eigenvalue weighted by Gasteiger charge is -2.40. The molecule has 5 rings (SSSR count). The molecule has 3 nitrogen and oxygen atoms in total. The van der Waals surface area contributed by atoms with Gasteiger partial charge in [-0.1, -0.05) is 90.1 Å². The summed E-state index contributed by atoms with van der Waals surface area (Å²) < 4.78 is 19.0. The monoisotopic (exact) mass is 546 g/mol. The van der Waals surface area contributed by atoms with Crippen molar-refractivity contribution in [1.29, 1.82) is 0 Å². The third-order valence-corrected chi connectivity index (χ3v) is 12.7. The molecular formula is C35H46O3S. The minimum atomic E-state index is -1.21. The summed E-state index contributed by atoms with van der Waals surface area (Å²) in [6.45, 7) is 19.9. The van der Waals surface area contributed by atoms with Crippen LogP contribution in [0.4, 0.5) is 0 Å². The van der Waals surface area contributed by atoms with Crippen LogP contribution in [0.2, 0.25) is 0 Å². The zero-order valence-electron chi connectivity index (χ0n) is 25.4. The molecule has 4 atom stereocenters. The van der Waals surface area contributed by atoms with Crippen LogP contribution in [0, 0.1) is 11.3 Å². The third-order valence-electron chi connectivity index (χ3n) is 10.1. The van der Waals surface area contributed by atoms with Crippen LogP contribution in [-0.4, -0.2) is 26.3 Å². The average Bonchev–Trinajstić information content (AvgIpc) is 3.61. The molecule has 3 aliphatic rings. The Labute approximate surface area is 238 Å². The van der Waals surface area contributed by atoms with E-state index in [4.69, 9.17) is 4.74 Å². The molecule has 0 aromatic heterocycles. The van der Waals surface area contributed by atoms with E-state index in [1.165, 1.54) is 33.4 Å². The highest BCUT2D eigenvalue weighted by Crippen LogP contribution is 2.78. The van der Waals surface area contributed by atoms with Gasteiger partial charge in [0.05, 0.1) is 22.0 Å². The molecule has 0 radical (unpaired) electrons. The Balaban J connectivity index is 1.63. The van der Waals surface area contributed by atoms with Crippen LogP contribution in [0.1, 0.15) is 97.4 Å². The van der Waals surface area contributed by atoms with Crippen molar-refractivity contribution >= 4 is 16.8 Å². The smallest absolute Gasteiger partial charge is 0.311 e. The van der Waals surface area contributed by atoms with Gasteiger partial charge in [0.1, 0.15) is 0 Å². The largest absolute Gasteiger partial charge is 0.466 e. The van der Waals surface area contributed by atoms with Crippen molar-refractivity contribution < 1.29 is 13.7 Å². The quantitative estimate of drug-likeness (QED) is 0.277. The maximum absolute atomic E-state index is 14.6. The standard InChI is InChI=1S/C35H46O3S/c1-10-38-30(36)29-33(8)27(21-23-11-15-25(16-12-23)31(2,3)4)28(34(9,39(33)37)35(29)19-20-35)22-24-13-17-26(18-14-24)32(5,6)7/h11-18,29H,10,19-22H2,1-9H3/t29?,33?,34-,39?/m1/s1. The Bertz CT molecular complexity index is 1330. The summed E-state index contributed by atoms with van der Waals surface area (Å²) >= 11 is 0. The molecule has 1 saturated carbocycles. The van der Waals surface area contributed by atoms with Crippen molar-refractivity contribution in [2.24, 2.45) is 11.3 Å². The van der Waals surface area contributed by atoms with E-state index in [1.807, 2.05) is 6.92 Å². The first-order valence-corrected chi connectivity index (χ1v) is 15.8. The maximum Gasteiger partial charge on any atom is 0.311 e. The number of esters is 1. The summed E-state index contributed by atoms with van der Waals surface area (Å²) in [5, 5.41) is 0. The second kappa shape index (κ2) is 9.16. The highest BCUT2D eigenvalue weighted by molar-refractivity contribution is 7.89. The van der Waals surface area contributed by atoms with Gasteiger partial charge in [-0.25, -0.2) is 0 Å². The Morgan fingerprint density at radius 1 is 0.821 bits per heavy atom. The van der Waals surface area contributed by atoms with E-state index in [0.29, 0.717) is 13.0 Å². The minimum absolute atomic E-state index is 0.0862. The summed E-state index contributed by atoms with van der Waals surface area (Å²) in [6, 6.07) is 17.8. The summed E-state index contributed by atoms with van der Waals surface area (Å²) in [6.07, 6.45) is 3.36. The van der Waals surface area contributed by atoms with Gasteiger partial charge in [-0.15, -0.1) is 0 Å². The molecular weight excluding hydrogens is 500 g/mol. The van der Waals surface area contributed by atoms with Crippen LogP contribution in [0.25, 0.3) is 0 Å². The van der Waals surface area contributed by atoms with E-state index >= 15 is 0 Å². The van der Waals surface area contributed by atoms with Crippen LogP contribution in [-0.2, 0) is 44.0 Å². The second-order valence-electron chi connectivity index (χ2n) is 14.5. The highest BCUT2D eigenvalue weighted by atomic mass is 32.2. The Morgan fingerprint density at radius 2 is 1.26 bits per heavy atom. The van der Waals surface area contributed by atoms with Gasteiger partial charge in [0.15, 0.2) is 0 Å². The molecule has 2 aromatic rings. The fourth-order valence-electron chi connectivity index (χ4n) is 7.59. The first-order valence-electron chi connectivity index (χ1n) is 14.6. The summed E-state index contributed by atoms with van der Waals surface area (Å²) in [5.41, 5.74) is 7.48. The van der Waals surface area contributed by atoms with Gasteiger partial charge in [-0.05, 0) is 90.7 Å². The molecule has 4 heteroatoms. The summed E-state index contributed by atoms with van der Waals surface area (Å²) in [7, 11) is -1.21. The number of fused-ring (bicyclic) bond motifs is 3. The number of hydrogen-bond donors (Lipinski definition) is 0. The van der Waals surface area contributed by atoms with Crippen molar-refractivity contribution in [3.05, 3.63) is 81.9 Å². The lowest BCUT2D eigenvalue weighted by molar-refractivity contribution is -0.151. The van der Waals surface area contributed by atoms with E-state index in [2.05, 4.69) is 104 Å². The van der Waals surface area contributed by atoms with Crippen LogP contribution in [0.3, 0.4) is 0 Å². The number of carbonyl (C=O) groups is 1. The van der Waals surface area contributed by atoms with Gasteiger partial charge in [0.2, 0.25) is 0 Å². The number of rotatable bonds is 6. The molecule has 2 fully saturated rings. The van der Waals surface area contributed by atoms with E-state index in [0.717, 1.165) is 19.3 Å². The van der Waals surface area contributed by atoms with Crippen molar-refractivity contribution in [1.82, 2.24) is 0 Å². The molecule has 39 heavy (non-hydrogen) atoms. The average molecular weight is 547 g/mol. The van der Waals surface area contributed by atoms with Crippen molar-refractivity contribution in [3.8, 4) is 0 Å². The first kappa shape index (κ1) is 28.3. The highest BCUT2D eigenvalue weighted by Gasteiger charge is 2.83. The Morgan fingerprint density at radius 3 is 1.64 bits per heavy atom. The molecule has 0 amide bonds. The van der Waals surface area contributed by atoms with Gasteiger partial charge in [0, 0.05) is 16.2 Å². The van der Waals surface area contributed by atoms with Crippen LogP contribution in [0.5, 0.6) is 0 Å². The van der Waals surface area contributed by atoms with E-state index in [1.54, 1.807) is 0 Å². The number of ether oxygens (including phenoxy) is 1.